The van der Waals surface area contributed by atoms with Crippen LogP contribution in [0.25, 0.3) is 0 Å². The van der Waals surface area contributed by atoms with Gasteiger partial charge in [-0.3, -0.25) is 4.79 Å². The molecule has 0 radical (unpaired) electrons. The standard InChI is InChI=1S/C13H14F3NO3S/c14-13(15,16)5-6-17(7-8-1-2-8)11(18)9-3-4-10(21-9)12(19)20/h3-4,8H,1-2,5-7H2,(H,19,20). The number of halogens is 3. The molecule has 1 aliphatic rings. The molecule has 2 rings (SSSR count). The number of carboxylic acid groups (broad SMARTS) is 1. The Bertz CT molecular complexity index is 537. The van der Waals surface area contributed by atoms with Crippen LogP contribution < -0.4 is 0 Å². The maximum absolute atomic E-state index is 12.3. The number of carbonyl (C=O) groups is 2. The van der Waals surface area contributed by atoms with Gasteiger partial charge in [0.05, 0.1) is 11.3 Å². The van der Waals surface area contributed by atoms with E-state index >= 15 is 0 Å². The number of nitrogens with zero attached hydrogens (tertiary/aromatic N) is 1. The van der Waals surface area contributed by atoms with Crippen molar-refractivity contribution < 1.29 is 27.9 Å². The summed E-state index contributed by atoms with van der Waals surface area (Å²) in [6.45, 7) is -0.0889. The molecule has 0 aromatic carbocycles. The molecule has 4 nitrogen and oxygen atoms in total. The molecule has 1 N–H and O–H groups in total. The first-order valence-electron chi connectivity index (χ1n) is 6.45. The lowest BCUT2D eigenvalue weighted by Gasteiger charge is -2.22. The van der Waals surface area contributed by atoms with Crippen molar-refractivity contribution in [1.29, 1.82) is 0 Å². The number of thiophene rings is 1. The summed E-state index contributed by atoms with van der Waals surface area (Å²) in [4.78, 5) is 24.4. The van der Waals surface area contributed by atoms with Gasteiger partial charge in [-0.05, 0) is 30.9 Å². The molecule has 1 saturated carbocycles. The largest absolute Gasteiger partial charge is 0.477 e. The Kier molecular flexibility index (Phi) is 4.55. The van der Waals surface area contributed by atoms with Crippen LogP contribution in [0.3, 0.4) is 0 Å². The van der Waals surface area contributed by atoms with Crippen LogP contribution in [0.4, 0.5) is 13.2 Å². The Morgan fingerprint density at radius 1 is 1.29 bits per heavy atom. The highest BCUT2D eigenvalue weighted by atomic mass is 32.1. The molecule has 0 atom stereocenters. The molecule has 0 saturated heterocycles. The highest BCUT2D eigenvalue weighted by Crippen LogP contribution is 2.31. The van der Waals surface area contributed by atoms with Crippen LogP contribution in [0.5, 0.6) is 0 Å². The molecule has 0 bridgehead atoms. The molecule has 1 heterocycles. The summed E-state index contributed by atoms with van der Waals surface area (Å²) in [6, 6.07) is 2.64. The van der Waals surface area contributed by atoms with Gasteiger partial charge in [0, 0.05) is 13.1 Å². The number of amides is 1. The summed E-state index contributed by atoms with van der Waals surface area (Å²) >= 11 is 0.786. The Morgan fingerprint density at radius 2 is 1.90 bits per heavy atom. The van der Waals surface area contributed by atoms with E-state index in [9.17, 15) is 22.8 Å². The second kappa shape index (κ2) is 6.05. The Morgan fingerprint density at radius 3 is 2.38 bits per heavy atom. The van der Waals surface area contributed by atoms with Gasteiger partial charge >= 0.3 is 12.1 Å². The van der Waals surface area contributed by atoms with Crippen molar-refractivity contribution in [2.75, 3.05) is 13.1 Å². The molecule has 0 unspecified atom stereocenters. The summed E-state index contributed by atoms with van der Waals surface area (Å²) in [7, 11) is 0. The lowest BCUT2D eigenvalue weighted by atomic mass is 10.3. The highest BCUT2D eigenvalue weighted by Gasteiger charge is 2.32. The van der Waals surface area contributed by atoms with Crippen LogP contribution in [0, 0.1) is 5.92 Å². The van der Waals surface area contributed by atoms with E-state index in [0.717, 1.165) is 24.2 Å². The zero-order chi connectivity index (χ0) is 15.6. The summed E-state index contributed by atoms with van der Waals surface area (Å²) in [5.74, 6) is -1.41. The van der Waals surface area contributed by atoms with E-state index in [-0.39, 0.29) is 22.2 Å². The smallest absolute Gasteiger partial charge is 0.390 e. The summed E-state index contributed by atoms with van der Waals surface area (Å²) in [5.41, 5.74) is 0. The van der Waals surface area contributed by atoms with Crippen molar-refractivity contribution in [2.45, 2.75) is 25.4 Å². The number of carboxylic acids is 1. The minimum Gasteiger partial charge on any atom is -0.477 e. The van der Waals surface area contributed by atoms with Crippen LogP contribution in [-0.2, 0) is 0 Å². The first kappa shape index (κ1) is 15.8. The van der Waals surface area contributed by atoms with Gasteiger partial charge in [0.1, 0.15) is 4.88 Å². The van der Waals surface area contributed by atoms with Gasteiger partial charge in [-0.25, -0.2) is 4.79 Å². The monoisotopic (exact) mass is 321 g/mol. The first-order valence-corrected chi connectivity index (χ1v) is 7.27. The minimum atomic E-state index is -4.32. The number of carbonyl (C=O) groups excluding carboxylic acids is 1. The zero-order valence-electron chi connectivity index (χ0n) is 11.0. The van der Waals surface area contributed by atoms with Crippen LogP contribution >= 0.6 is 11.3 Å². The Hall–Kier alpha value is -1.57. The van der Waals surface area contributed by atoms with Crippen LogP contribution in [0.15, 0.2) is 12.1 Å². The van der Waals surface area contributed by atoms with Gasteiger partial charge in [0.15, 0.2) is 0 Å². The first-order chi connectivity index (χ1) is 9.76. The van der Waals surface area contributed by atoms with E-state index < -0.39 is 24.5 Å². The van der Waals surface area contributed by atoms with E-state index in [4.69, 9.17) is 5.11 Å². The molecular formula is C13H14F3NO3S. The maximum atomic E-state index is 12.3. The average Bonchev–Trinajstić information content (AvgIpc) is 3.04. The van der Waals surface area contributed by atoms with Gasteiger partial charge < -0.3 is 10.0 Å². The predicted molar refractivity (Wildman–Crippen MR) is 70.6 cm³/mol. The summed E-state index contributed by atoms with van der Waals surface area (Å²) < 4.78 is 37.0. The molecule has 21 heavy (non-hydrogen) atoms. The van der Waals surface area contributed by atoms with Gasteiger partial charge in [0.25, 0.3) is 5.91 Å². The van der Waals surface area contributed by atoms with E-state index in [1.807, 2.05) is 0 Å². The fourth-order valence-corrected chi connectivity index (χ4v) is 2.69. The number of hydrogen-bond acceptors (Lipinski definition) is 3. The minimum absolute atomic E-state index is 0.000503. The Labute approximate surface area is 123 Å². The topological polar surface area (TPSA) is 57.6 Å². The quantitative estimate of drug-likeness (QED) is 0.875. The van der Waals surface area contributed by atoms with Crippen molar-refractivity contribution in [3.63, 3.8) is 0 Å². The summed E-state index contributed by atoms with van der Waals surface area (Å²) in [5, 5.41) is 8.82. The third kappa shape index (κ3) is 4.73. The van der Waals surface area contributed by atoms with Crippen molar-refractivity contribution in [3.05, 3.63) is 21.9 Å². The second-order valence-corrected chi connectivity index (χ2v) is 6.11. The van der Waals surface area contributed by atoms with E-state index in [0.29, 0.717) is 6.54 Å². The zero-order valence-corrected chi connectivity index (χ0v) is 11.8. The lowest BCUT2D eigenvalue weighted by molar-refractivity contribution is -0.136. The molecule has 116 valence electrons. The molecular weight excluding hydrogens is 307 g/mol. The van der Waals surface area contributed by atoms with Gasteiger partial charge in [-0.1, -0.05) is 0 Å². The molecule has 1 amide bonds. The van der Waals surface area contributed by atoms with Crippen LogP contribution in [0.1, 0.15) is 38.6 Å². The van der Waals surface area contributed by atoms with Gasteiger partial charge in [-0.2, -0.15) is 13.2 Å². The van der Waals surface area contributed by atoms with Crippen molar-refractivity contribution in [1.82, 2.24) is 4.90 Å². The number of aromatic carboxylic acids is 1. The average molecular weight is 321 g/mol. The molecule has 8 heteroatoms. The number of rotatable bonds is 6. The van der Waals surface area contributed by atoms with E-state index in [2.05, 4.69) is 0 Å². The fourth-order valence-electron chi connectivity index (χ4n) is 1.87. The predicted octanol–water partition coefficient (Wildman–Crippen LogP) is 3.25. The molecule has 1 aromatic heterocycles. The maximum Gasteiger partial charge on any atom is 0.390 e. The van der Waals surface area contributed by atoms with E-state index in [1.165, 1.54) is 17.0 Å². The fraction of sp³-hybridized carbons (Fsp3) is 0.538. The lowest BCUT2D eigenvalue weighted by Crippen LogP contribution is -2.35. The molecule has 1 fully saturated rings. The molecule has 1 aliphatic carbocycles. The number of alkyl halides is 3. The van der Waals surface area contributed by atoms with E-state index in [1.54, 1.807) is 0 Å². The molecule has 0 aliphatic heterocycles. The van der Waals surface area contributed by atoms with Crippen molar-refractivity contribution in [2.24, 2.45) is 5.92 Å². The van der Waals surface area contributed by atoms with Crippen molar-refractivity contribution in [3.8, 4) is 0 Å². The van der Waals surface area contributed by atoms with Gasteiger partial charge in [0.2, 0.25) is 0 Å². The third-order valence-electron chi connectivity index (χ3n) is 3.16. The normalized spacial score (nSPS) is 15.0. The second-order valence-electron chi connectivity index (χ2n) is 5.03. The molecule has 0 spiro atoms. The highest BCUT2D eigenvalue weighted by molar-refractivity contribution is 7.15. The van der Waals surface area contributed by atoms with Crippen LogP contribution in [-0.4, -0.2) is 41.1 Å². The number of hydrogen-bond donors (Lipinski definition) is 1. The SMILES string of the molecule is O=C(O)c1ccc(C(=O)N(CCC(F)(F)F)CC2CC2)s1. The van der Waals surface area contributed by atoms with Gasteiger partial charge in [-0.15, -0.1) is 11.3 Å². The van der Waals surface area contributed by atoms with Crippen LogP contribution in [0.2, 0.25) is 0 Å². The summed E-state index contributed by atoms with van der Waals surface area (Å²) in [6.07, 6.45) is -3.53. The van der Waals surface area contributed by atoms with Crippen molar-refractivity contribution >= 4 is 23.2 Å². The molecule has 1 aromatic rings. The third-order valence-corrected chi connectivity index (χ3v) is 4.22. The Balaban J connectivity index is 2.06.